The van der Waals surface area contributed by atoms with Gasteiger partial charge in [0.05, 0.1) is 10.9 Å². The summed E-state index contributed by atoms with van der Waals surface area (Å²) in [6.45, 7) is 0. The minimum atomic E-state index is -0.0641. The summed E-state index contributed by atoms with van der Waals surface area (Å²) in [6, 6.07) is 11.8. The Hall–Kier alpha value is -2.03. The lowest BCUT2D eigenvalue weighted by Gasteiger charge is -1.96. The number of hydrogen-bond acceptors (Lipinski definition) is 1. The van der Waals surface area contributed by atoms with Crippen molar-refractivity contribution in [3.63, 3.8) is 0 Å². The van der Waals surface area contributed by atoms with Gasteiger partial charge in [-0.1, -0.05) is 30.3 Å². The van der Waals surface area contributed by atoms with E-state index in [-0.39, 0.29) is 5.56 Å². The van der Waals surface area contributed by atoms with Crippen LogP contribution in [0.4, 0.5) is 0 Å². The van der Waals surface area contributed by atoms with Crippen LogP contribution in [0.5, 0.6) is 0 Å². The molecule has 0 spiro atoms. The van der Waals surface area contributed by atoms with E-state index in [4.69, 9.17) is 0 Å². The minimum Gasteiger partial charge on any atom is -0.297 e. The van der Waals surface area contributed by atoms with Gasteiger partial charge in [0.25, 0.3) is 5.56 Å². The molecule has 0 amide bonds. The summed E-state index contributed by atoms with van der Waals surface area (Å²) >= 11 is 0. The Labute approximate surface area is 79.4 Å². The van der Waals surface area contributed by atoms with Crippen LogP contribution < -0.4 is 5.56 Å². The maximum atomic E-state index is 11.3. The van der Waals surface area contributed by atoms with E-state index in [0.29, 0.717) is 5.39 Å². The molecule has 3 heteroatoms. The van der Waals surface area contributed by atoms with Gasteiger partial charge in [0.1, 0.15) is 0 Å². The molecule has 1 heterocycles. The summed E-state index contributed by atoms with van der Waals surface area (Å²) in [7, 11) is 0. The Balaban J connectivity index is 2.68. The number of H-pyrrole nitrogens is 2. The molecule has 0 fully saturated rings. The highest BCUT2D eigenvalue weighted by molar-refractivity contribution is 6.04. The van der Waals surface area contributed by atoms with Gasteiger partial charge in [-0.05, 0) is 11.5 Å². The molecule has 0 radical (unpaired) electrons. The molecular formula is C11H8N2O. The molecule has 14 heavy (non-hydrogen) atoms. The third-order valence-corrected chi connectivity index (χ3v) is 2.47. The number of benzene rings is 2. The van der Waals surface area contributed by atoms with Crippen LogP contribution in [-0.4, -0.2) is 10.2 Å². The molecule has 2 N–H and O–H groups in total. The average molecular weight is 184 g/mol. The van der Waals surface area contributed by atoms with E-state index in [1.54, 1.807) is 0 Å². The maximum absolute atomic E-state index is 11.3. The van der Waals surface area contributed by atoms with Crippen molar-refractivity contribution in [1.29, 1.82) is 0 Å². The number of rotatable bonds is 0. The van der Waals surface area contributed by atoms with Crippen LogP contribution in [0.25, 0.3) is 21.7 Å². The summed E-state index contributed by atoms with van der Waals surface area (Å²) in [5.41, 5.74) is 0.818. The highest BCUT2D eigenvalue weighted by Gasteiger charge is 2.03. The molecule has 0 aliphatic carbocycles. The largest absolute Gasteiger partial charge is 0.297 e. The second-order valence-corrected chi connectivity index (χ2v) is 3.29. The summed E-state index contributed by atoms with van der Waals surface area (Å²) in [5, 5.41) is 8.40. The first kappa shape index (κ1) is 7.38. The van der Waals surface area contributed by atoms with E-state index in [0.717, 1.165) is 16.3 Å². The summed E-state index contributed by atoms with van der Waals surface area (Å²) in [4.78, 5) is 11.3. The number of aromatic nitrogens is 2. The number of hydrogen-bond donors (Lipinski definition) is 2. The van der Waals surface area contributed by atoms with Crippen LogP contribution in [0.1, 0.15) is 0 Å². The van der Waals surface area contributed by atoms with E-state index in [9.17, 15) is 4.79 Å². The molecule has 0 aliphatic heterocycles. The first-order chi connectivity index (χ1) is 6.86. The zero-order chi connectivity index (χ0) is 9.54. The van der Waals surface area contributed by atoms with Gasteiger partial charge in [0.15, 0.2) is 0 Å². The fourth-order valence-corrected chi connectivity index (χ4v) is 1.78. The van der Waals surface area contributed by atoms with Gasteiger partial charge in [0.2, 0.25) is 0 Å². The Kier molecular flexibility index (Phi) is 1.31. The molecule has 0 saturated carbocycles. The standard InChI is InChI=1S/C11H8N2O/c14-11-9-6-5-7-3-1-2-4-8(7)10(9)12-13-11/h1-6H,(H2,12,13,14). The SMILES string of the molecule is O=c1[nH][nH]c2c1ccc1ccccc12. The lowest BCUT2D eigenvalue weighted by atomic mass is 10.1. The van der Waals surface area contributed by atoms with Crippen LogP contribution in [0.3, 0.4) is 0 Å². The number of aromatic amines is 2. The molecule has 68 valence electrons. The topological polar surface area (TPSA) is 48.6 Å². The van der Waals surface area contributed by atoms with Crippen LogP contribution >= 0.6 is 0 Å². The molecule has 0 bridgehead atoms. The van der Waals surface area contributed by atoms with Crippen molar-refractivity contribution in [2.75, 3.05) is 0 Å². The number of fused-ring (bicyclic) bond motifs is 3. The van der Waals surface area contributed by atoms with Crippen molar-refractivity contribution in [3.05, 3.63) is 46.8 Å². The van der Waals surface area contributed by atoms with Gasteiger partial charge in [-0.2, -0.15) is 0 Å². The zero-order valence-electron chi connectivity index (χ0n) is 7.37. The first-order valence-corrected chi connectivity index (χ1v) is 4.44. The van der Waals surface area contributed by atoms with Gasteiger partial charge in [-0.15, -0.1) is 0 Å². The second kappa shape index (κ2) is 2.48. The predicted molar refractivity (Wildman–Crippen MR) is 56.4 cm³/mol. The minimum absolute atomic E-state index is 0.0641. The Morgan fingerprint density at radius 3 is 2.64 bits per heavy atom. The van der Waals surface area contributed by atoms with Crippen molar-refractivity contribution < 1.29 is 0 Å². The summed E-state index contributed by atoms with van der Waals surface area (Å²) in [5.74, 6) is 0. The molecule has 3 aromatic rings. The maximum Gasteiger partial charge on any atom is 0.271 e. The molecule has 0 unspecified atom stereocenters. The normalized spacial score (nSPS) is 11.1. The van der Waals surface area contributed by atoms with E-state index in [1.165, 1.54) is 0 Å². The molecule has 0 aliphatic rings. The Morgan fingerprint density at radius 2 is 1.71 bits per heavy atom. The molecule has 3 rings (SSSR count). The van der Waals surface area contributed by atoms with Crippen molar-refractivity contribution in [3.8, 4) is 0 Å². The van der Waals surface area contributed by atoms with Gasteiger partial charge >= 0.3 is 0 Å². The van der Waals surface area contributed by atoms with Crippen LogP contribution in [0, 0.1) is 0 Å². The van der Waals surface area contributed by atoms with E-state index < -0.39 is 0 Å². The number of nitrogens with one attached hydrogen (secondary N) is 2. The smallest absolute Gasteiger partial charge is 0.271 e. The summed E-state index contributed by atoms with van der Waals surface area (Å²) in [6.07, 6.45) is 0. The third kappa shape index (κ3) is 0.836. The van der Waals surface area contributed by atoms with E-state index in [2.05, 4.69) is 10.2 Å². The second-order valence-electron chi connectivity index (χ2n) is 3.29. The van der Waals surface area contributed by atoms with Crippen LogP contribution in [-0.2, 0) is 0 Å². The average Bonchev–Trinajstić information content (AvgIpc) is 2.61. The first-order valence-electron chi connectivity index (χ1n) is 4.44. The molecule has 0 saturated heterocycles. The molecular weight excluding hydrogens is 176 g/mol. The molecule has 1 aromatic heterocycles. The van der Waals surface area contributed by atoms with Gasteiger partial charge in [-0.25, -0.2) is 0 Å². The Morgan fingerprint density at radius 1 is 0.857 bits per heavy atom. The molecule has 2 aromatic carbocycles. The fraction of sp³-hybridized carbons (Fsp3) is 0. The Bertz CT molecular complexity index is 663. The monoisotopic (exact) mass is 184 g/mol. The predicted octanol–water partition coefficient (Wildman–Crippen LogP) is 2.01. The molecule has 0 atom stereocenters. The lowest BCUT2D eigenvalue weighted by molar-refractivity contribution is 1.08. The van der Waals surface area contributed by atoms with Crippen molar-refractivity contribution in [2.45, 2.75) is 0 Å². The van der Waals surface area contributed by atoms with Gasteiger partial charge in [0, 0.05) is 5.39 Å². The molecule has 3 nitrogen and oxygen atoms in total. The summed E-state index contributed by atoms with van der Waals surface area (Å²) < 4.78 is 0. The van der Waals surface area contributed by atoms with Gasteiger partial charge < -0.3 is 0 Å². The van der Waals surface area contributed by atoms with Crippen LogP contribution in [0.2, 0.25) is 0 Å². The van der Waals surface area contributed by atoms with Crippen molar-refractivity contribution >= 4 is 21.7 Å². The lowest BCUT2D eigenvalue weighted by Crippen LogP contribution is -1.96. The highest BCUT2D eigenvalue weighted by atomic mass is 16.1. The highest BCUT2D eigenvalue weighted by Crippen LogP contribution is 2.20. The van der Waals surface area contributed by atoms with E-state index >= 15 is 0 Å². The van der Waals surface area contributed by atoms with Gasteiger partial charge in [-0.3, -0.25) is 15.0 Å². The van der Waals surface area contributed by atoms with Crippen molar-refractivity contribution in [2.24, 2.45) is 0 Å². The van der Waals surface area contributed by atoms with Crippen LogP contribution in [0.15, 0.2) is 41.2 Å². The van der Waals surface area contributed by atoms with Crippen molar-refractivity contribution in [1.82, 2.24) is 10.2 Å². The van der Waals surface area contributed by atoms with E-state index in [1.807, 2.05) is 36.4 Å². The zero-order valence-corrected chi connectivity index (χ0v) is 7.37. The fourth-order valence-electron chi connectivity index (χ4n) is 1.78. The third-order valence-electron chi connectivity index (χ3n) is 2.47. The quantitative estimate of drug-likeness (QED) is 0.551.